The lowest BCUT2D eigenvalue weighted by Crippen LogP contribution is -2.39. The molecule has 1 fully saturated rings. The van der Waals surface area contributed by atoms with Crippen LogP contribution in [0.1, 0.15) is 23.7 Å². The predicted octanol–water partition coefficient (Wildman–Crippen LogP) is 1.22. The Morgan fingerprint density at radius 3 is 3.06 bits per heavy atom. The summed E-state index contributed by atoms with van der Waals surface area (Å²) in [4.78, 5) is 15.8. The van der Waals surface area contributed by atoms with Gasteiger partial charge in [-0.1, -0.05) is 11.6 Å². The number of pyridine rings is 1. The summed E-state index contributed by atoms with van der Waals surface area (Å²) in [6, 6.07) is 1.55. The van der Waals surface area contributed by atoms with Crippen LogP contribution < -0.4 is 11.1 Å². The second kappa shape index (κ2) is 4.89. The van der Waals surface area contributed by atoms with Crippen molar-refractivity contribution in [3.63, 3.8) is 0 Å². The zero-order valence-corrected chi connectivity index (χ0v) is 10.2. The largest absolute Gasteiger partial charge is 0.382 e. The van der Waals surface area contributed by atoms with Crippen LogP contribution in [0.4, 0.5) is 5.82 Å². The highest BCUT2D eigenvalue weighted by atomic mass is 35.5. The number of nitrogens with zero attached hydrogens (tertiary/aromatic N) is 1. The summed E-state index contributed by atoms with van der Waals surface area (Å²) >= 11 is 5.81. The summed E-state index contributed by atoms with van der Waals surface area (Å²) in [6.45, 7) is 2.61. The number of nitrogens with two attached hydrogens (primary N) is 1. The molecule has 1 amide bonds. The number of hydrogen-bond donors (Lipinski definition) is 2. The number of ether oxygens (including phenoxy) is 1. The van der Waals surface area contributed by atoms with Crippen LogP contribution in [-0.2, 0) is 4.74 Å². The molecule has 0 saturated carbocycles. The maximum Gasteiger partial charge on any atom is 0.253 e. The first-order valence-corrected chi connectivity index (χ1v) is 5.79. The summed E-state index contributed by atoms with van der Waals surface area (Å²) in [5, 5.41) is 3.17. The Labute approximate surface area is 104 Å². The smallest absolute Gasteiger partial charge is 0.253 e. The van der Waals surface area contributed by atoms with E-state index < -0.39 is 0 Å². The third-order valence-corrected chi connectivity index (χ3v) is 3.13. The van der Waals surface area contributed by atoms with Gasteiger partial charge >= 0.3 is 0 Å². The summed E-state index contributed by atoms with van der Waals surface area (Å²) in [5.74, 6) is 0.0162. The highest BCUT2D eigenvalue weighted by molar-refractivity contribution is 6.33. The zero-order valence-electron chi connectivity index (χ0n) is 9.44. The highest BCUT2D eigenvalue weighted by Crippen LogP contribution is 2.18. The van der Waals surface area contributed by atoms with E-state index in [2.05, 4.69) is 10.3 Å². The molecule has 3 N–H and O–H groups in total. The van der Waals surface area contributed by atoms with E-state index in [9.17, 15) is 4.79 Å². The molecule has 6 heteroatoms. The number of hydrogen-bond acceptors (Lipinski definition) is 4. The van der Waals surface area contributed by atoms with Crippen molar-refractivity contribution in [1.82, 2.24) is 10.3 Å². The van der Waals surface area contributed by atoms with Gasteiger partial charge in [0.15, 0.2) is 0 Å². The number of anilines is 1. The lowest BCUT2D eigenvalue weighted by molar-refractivity contribution is 0.0866. The molecule has 0 aromatic carbocycles. The van der Waals surface area contributed by atoms with Crippen molar-refractivity contribution in [2.75, 3.05) is 12.3 Å². The third-order valence-electron chi connectivity index (χ3n) is 2.82. The maximum atomic E-state index is 11.9. The molecule has 2 heterocycles. The Balaban J connectivity index is 2.06. The normalized spacial score (nSPS) is 23.6. The molecule has 1 aliphatic heterocycles. The maximum absolute atomic E-state index is 11.9. The number of carbonyl (C=O) groups is 1. The van der Waals surface area contributed by atoms with Crippen LogP contribution in [0.3, 0.4) is 0 Å². The van der Waals surface area contributed by atoms with Crippen molar-refractivity contribution in [1.29, 1.82) is 0 Å². The van der Waals surface area contributed by atoms with E-state index in [1.54, 1.807) is 0 Å². The van der Waals surface area contributed by atoms with E-state index in [0.717, 1.165) is 6.42 Å². The molecule has 2 rings (SSSR count). The first-order valence-electron chi connectivity index (χ1n) is 5.41. The monoisotopic (exact) mass is 255 g/mol. The SMILES string of the molecule is CC1OCCC1NC(=O)c1cnc(N)c(Cl)c1. The van der Waals surface area contributed by atoms with Gasteiger partial charge in [0.05, 0.1) is 22.7 Å². The number of nitrogens with one attached hydrogen (secondary N) is 1. The van der Waals surface area contributed by atoms with Gasteiger partial charge in [-0.2, -0.15) is 0 Å². The minimum atomic E-state index is -0.207. The van der Waals surface area contributed by atoms with Gasteiger partial charge < -0.3 is 15.8 Å². The number of aromatic nitrogens is 1. The van der Waals surface area contributed by atoms with Crippen molar-refractivity contribution in [2.45, 2.75) is 25.5 Å². The van der Waals surface area contributed by atoms with E-state index in [1.807, 2.05) is 6.92 Å². The standard InChI is InChI=1S/C11H14ClN3O2/c1-6-9(2-3-17-6)15-11(16)7-4-8(12)10(13)14-5-7/h4-6,9H,2-3H2,1H3,(H2,13,14)(H,15,16). The van der Waals surface area contributed by atoms with Crippen molar-refractivity contribution in [2.24, 2.45) is 0 Å². The van der Waals surface area contributed by atoms with Crippen molar-refractivity contribution < 1.29 is 9.53 Å². The summed E-state index contributed by atoms with van der Waals surface area (Å²) in [6.07, 6.45) is 2.27. The molecule has 1 aromatic heterocycles. The molecular weight excluding hydrogens is 242 g/mol. The molecular formula is C11H14ClN3O2. The van der Waals surface area contributed by atoms with Crippen LogP contribution in [0.15, 0.2) is 12.3 Å². The molecule has 2 atom stereocenters. The molecule has 2 unspecified atom stereocenters. The fourth-order valence-corrected chi connectivity index (χ4v) is 1.91. The minimum absolute atomic E-state index is 0.0381. The number of halogens is 1. The van der Waals surface area contributed by atoms with Gasteiger partial charge in [-0.3, -0.25) is 4.79 Å². The topological polar surface area (TPSA) is 77.2 Å². The molecule has 0 aliphatic carbocycles. The van der Waals surface area contributed by atoms with Gasteiger partial charge in [0.1, 0.15) is 5.82 Å². The van der Waals surface area contributed by atoms with Gasteiger partial charge in [0, 0.05) is 12.8 Å². The van der Waals surface area contributed by atoms with Crippen LogP contribution in [0.25, 0.3) is 0 Å². The minimum Gasteiger partial charge on any atom is -0.382 e. The van der Waals surface area contributed by atoms with Gasteiger partial charge in [0.25, 0.3) is 5.91 Å². The van der Waals surface area contributed by atoms with Gasteiger partial charge in [0.2, 0.25) is 0 Å². The van der Waals surface area contributed by atoms with Crippen LogP contribution in [0, 0.1) is 0 Å². The van der Waals surface area contributed by atoms with E-state index >= 15 is 0 Å². The second-order valence-corrected chi connectivity index (χ2v) is 4.44. The number of amides is 1. The molecule has 5 nitrogen and oxygen atoms in total. The zero-order chi connectivity index (χ0) is 12.4. The molecule has 0 spiro atoms. The third kappa shape index (κ3) is 2.68. The lowest BCUT2D eigenvalue weighted by atomic mass is 10.1. The highest BCUT2D eigenvalue weighted by Gasteiger charge is 2.26. The molecule has 1 aromatic rings. The van der Waals surface area contributed by atoms with Crippen LogP contribution >= 0.6 is 11.6 Å². The first-order chi connectivity index (χ1) is 8.08. The molecule has 92 valence electrons. The molecule has 1 aliphatic rings. The van der Waals surface area contributed by atoms with Crippen molar-refractivity contribution in [3.8, 4) is 0 Å². The molecule has 0 bridgehead atoms. The summed E-state index contributed by atoms with van der Waals surface area (Å²) < 4.78 is 5.37. The number of rotatable bonds is 2. The quantitative estimate of drug-likeness (QED) is 0.833. The van der Waals surface area contributed by atoms with E-state index in [0.29, 0.717) is 12.2 Å². The molecule has 17 heavy (non-hydrogen) atoms. The predicted molar refractivity (Wildman–Crippen MR) is 64.9 cm³/mol. The Kier molecular flexibility index (Phi) is 3.49. The molecule has 1 saturated heterocycles. The lowest BCUT2D eigenvalue weighted by Gasteiger charge is -2.15. The Morgan fingerprint density at radius 2 is 2.47 bits per heavy atom. The Hall–Kier alpha value is -1.33. The second-order valence-electron chi connectivity index (χ2n) is 4.04. The Morgan fingerprint density at radius 1 is 1.71 bits per heavy atom. The van der Waals surface area contributed by atoms with Gasteiger partial charge in [-0.05, 0) is 19.4 Å². The van der Waals surface area contributed by atoms with E-state index in [4.69, 9.17) is 22.1 Å². The number of nitrogen functional groups attached to an aromatic ring is 1. The van der Waals surface area contributed by atoms with E-state index in [1.165, 1.54) is 12.3 Å². The summed E-state index contributed by atoms with van der Waals surface area (Å²) in [5.41, 5.74) is 5.89. The average molecular weight is 256 g/mol. The van der Waals surface area contributed by atoms with Crippen molar-refractivity contribution in [3.05, 3.63) is 22.8 Å². The van der Waals surface area contributed by atoms with Gasteiger partial charge in [-0.25, -0.2) is 4.98 Å². The van der Waals surface area contributed by atoms with Crippen LogP contribution in [0.5, 0.6) is 0 Å². The van der Waals surface area contributed by atoms with Crippen LogP contribution in [0.2, 0.25) is 5.02 Å². The van der Waals surface area contributed by atoms with Crippen molar-refractivity contribution >= 4 is 23.3 Å². The molecule has 0 radical (unpaired) electrons. The first kappa shape index (κ1) is 12.1. The Bertz CT molecular complexity index is 439. The fraction of sp³-hybridized carbons (Fsp3) is 0.455. The summed E-state index contributed by atoms with van der Waals surface area (Å²) in [7, 11) is 0. The van der Waals surface area contributed by atoms with Gasteiger partial charge in [-0.15, -0.1) is 0 Å². The number of carbonyl (C=O) groups excluding carboxylic acids is 1. The van der Waals surface area contributed by atoms with Crippen LogP contribution in [-0.4, -0.2) is 29.6 Å². The van der Waals surface area contributed by atoms with E-state index in [-0.39, 0.29) is 28.9 Å². The fourth-order valence-electron chi connectivity index (χ4n) is 1.75. The average Bonchev–Trinajstić information content (AvgIpc) is 2.68.